The van der Waals surface area contributed by atoms with Crippen LogP contribution in [-0.2, 0) is 19.5 Å². The molecule has 0 bridgehead atoms. The van der Waals surface area contributed by atoms with Gasteiger partial charge in [0, 0.05) is 24.6 Å². The van der Waals surface area contributed by atoms with Gasteiger partial charge in [0.05, 0.1) is 6.54 Å². The zero-order valence-corrected chi connectivity index (χ0v) is 13.0. The summed E-state index contributed by atoms with van der Waals surface area (Å²) in [7, 11) is 0. The lowest BCUT2D eigenvalue weighted by Crippen LogP contribution is -2.25. The van der Waals surface area contributed by atoms with Crippen molar-refractivity contribution in [1.29, 1.82) is 0 Å². The standard InChI is InChI=1S/C17H19N5O/c1-13-11-15(21-20-13)17(23)19-12-16-18-8-10-22(16)9-7-14-5-3-2-4-6-14/h2-6,8,10-11H,7,9,12H2,1H3,(H,19,23)(H,20,21). The number of hydrogen-bond acceptors (Lipinski definition) is 3. The fourth-order valence-electron chi connectivity index (χ4n) is 2.39. The molecule has 0 atom stereocenters. The van der Waals surface area contributed by atoms with Crippen LogP contribution in [0.1, 0.15) is 27.6 Å². The molecule has 0 aliphatic rings. The quantitative estimate of drug-likeness (QED) is 0.732. The van der Waals surface area contributed by atoms with Crippen molar-refractivity contribution in [3.63, 3.8) is 0 Å². The largest absolute Gasteiger partial charge is 0.343 e. The van der Waals surface area contributed by atoms with Gasteiger partial charge in [0.25, 0.3) is 5.91 Å². The van der Waals surface area contributed by atoms with Gasteiger partial charge in [-0.25, -0.2) is 4.98 Å². The minimum atomic E-state index is -0.202. The van der Waals surface area contributed by atoms with Crippen LogP contribution in [-0.4, -0.2) is 25.7 Å². The zero-order chi connectivity index (χ0) is 16.1. The van der Waals surface area contributed by atoms with Gasteiger partial charge in [-0.2, -0.15) is 5.10 Å². The third kappa shape index (κ3) is 3.85. The molecule has 2 heterocycles. The lowest BCUT2D eigenvalue weighted by atomic mass is 10.1. The SMILES string of the molecule is Cc1cc(C(=O)NCc2nccn2CCc2ccccc2)n[nH]1. The summed E-state index contributed by atoms with van der Waals surface area (Å²) >= 11 is 0. The fraction of sp³-hybridized carbons (Fsp3) is 0.235. The molecule has 0 spiro atoms. The number of rotatable bonds is 6. The van der Waals surface area contributed by atoms with E-state index in [4.69, 9.17) is 0 Å². The Morgan fingerprint density at radius 1 is 1.30 bits per heavy atom. The van der Waals surface area contributed by atoms with E-state index >= 15 is 0 Å². The van der Waals surface area contributed by atoms with Gasteiger partial charge in [0.1, 0.15) is 11.5 Å². The monoisotopic (exact) mass is 309 g/mol. The number of aromatic amines is 1. The van der Waals surface area contributed by atoms with Crippen LogP contribution in [0, 0.1) is 6.92 Å². The number of amides is 1. The number of benzene rings is 1. The highest BCUT2D eigenvalue weighted by Crippen LogP contribution is 2.05. The summed E-state index contributed by atoms with van der Waals surface area (Å²) in [5.41, 5.74) is 2.53. The predicted molar refractivity (Wildman–Crippen MR) is 86.9 cm³/mol. The van der Waals surface area contributed by atoms with E-state index in [-0.39, 0.29) is 5.91 Å². The molecule has 0 radical (unpaired) electrons. The van der Waals surface area contributed by atoms with Crippen LogP contribution in [0.2, 0.25) is 0 Å². The third-order valence-electron chi connectivity index (χ3n) is 3.63. The molecule has 0 aliphatic carbocycles. The first-order chi connectivity index (χ1) is 11.2. The molecule has 3 rings (SSSR count). The normalized spacial score (nSPS) is 10.7. The first-order valence-electron chi connectivity index (χ1n) is 7.56. The summed E-state index contributed by atoms with van der Waals surface area (Å²) < 4.78 is 2.06. The Kier molecular flexibility index (Phi) is 4.52. The molecule has 0 saturated heterocycles. The summed E-state index contributed by atoms with van der Waals surface area (Å²) in [6.07, 6.45) is 4.62. The molecule has 1 amide bonds. The molecular formula is C17H19N5O. The summed E-state index contributed by atoms with van der Waals surface area (Å²) in [5, 5.41) is 9.56. The molecule has 0 unspecified atom stereocenters. The molecule has 6 heteroatoms. The van der Waals surface area contributed by atoms with Gasteiger partial charge in [-0.05, 0) is 25.0 Å². The maximum Gasteiger partial charge on any atom is 0.272 e. The van der Waals surface area contributed by atoms with E-state index < -0.39 is 0 Å². The van der Waals surface area contributed by atoms with Gasteiger partial charge in [0.15, 0.2) is 0 Å². The van der Waals surface area contributed by atoms with Gasteiger partial charge in [-0.3, -0.25) is 9.89 Å². The number of hydrogen-bond donors (Lipinski definition) is 2. The molecule has 118 valence electrons. The van der Waals surface area contributed by atoms with Crippen LogP contribution < -0.4 is 5.32 Å². The fourth-order valence-corrected chi connectivity index (χ4v) is 2.39. The van der Waals surface area contributed by atoms with Crippen molar-refractivity contribution in [2.75, 3.05) is 0 Å². The Morgan fingerprint density at radius 2 is 2.13 bits per heavy atom. The third-order valence-corrected chi connectivity index (χ3v) is 3.63. The van der Waals surface area contributed by atoms with Crippen molar-refractivity contribution in [2.45, 2.75) is 26.4 Å². The number of aromatic nitrogens is 4. The summed E-state index contributed by atoms with van der Waals surface area (Å²) in [4.78, 5) is 16.3. The first kappa shape index (κ1) is 15.0. The number of imidazole rings is 1. The highest BCUT2D eigenvalue weighted by molar-refractivity contribution is 5.92. The highest BCUT2D eigenvalue weighted by Gasteiger charge is 2.10. The highest BCUT2D eigenvalue weighted by atomic mass is 16.1. The minimum absolute atomic E-state index is 0.202. The van der Waals surface area contributed by atoms with Crippen LogP contribution in [0.15, 0.2) is 48.8 Å². The number of aryl methyl sites for hydroxylation is 3. The van der Waals surface area contributed by atoms with Crippen molar-refractivity contribution in [2.24, 2.45) is 0 Å². The van der Waals surface area contributed by atoms with Gasteiger partial charge < -0.3 is 9.88 Å². The Balaban J connectivity index is 1.57. The maximum atomic E-state index is 12.0. The van der Waals surface area contributed by atoms with E-state index in [2.05, 4.69) is 37.2 Å². The van der Waals surface area contributed by atoms with Crippen LogP contribution in [0.25, 0.3) is 0 Å². The number of H-pyrrole nitrogens is 1. The summed E-state index contributed by atoms with van der Waals surface area (Å²) in [6, 6.07) is 12.0. The Hall–Kier alpha value is -2.89. The van der Waals surface area contributed by atoms with E-state index in [0.29, 0.717) is 12.2 Å². The average Bonchev–Trinajstić information content (AvgIpc) is 3.20. The van der Waals surface area contributed by atoms with Crippen molar-refractivity contribution >= 4 is 5.91 Å². The maximum absolute atomic E-state index is 12.0. The zero-order valence-electron chi connectivity index (χ0n) is 13.0. The van der Waals surface area contributed by atoms with Crippen LogP contribution in [0.4, 0.5) is 0 Å². The van der Waals surface area contributed by atoms with Gasteiger partial charge in [0.2, 0.25) is 0 Å². The van der Waals surface area contributed by atoms with Gasteiger partial charge in [-0.1, -0.05) is 30.3 Å². The van der Waals surface area contributed by atoms with Crippen LogP contribution in [0.5, 0.6) is 0 Å². The second kappa shape index (κ2) is 6.91. The van der Waals surface area contributed by atoms with Crippen LogP contribution in [0.3, 0.4) is 0 Å². The summed E-state index contributed by atoms with van der Waals surface area (Å²) in [5.74, 6) is 0.633. The number of carbonyl (C=O) groups excluding carboxylic acids is 1. The number of nitrogens with zero attached hydrogens (tertiary/aromatic N) is 3. The Morgan fingerprint density at radius 3 is 2.87 bits per heavy atom. The van der Waals surface area contributed by atoms with Crippen molar-refractivity contribution < 1.29 is 4.79 Å². The molecule has 1 aromatic carbocycles. The average molecular weight is 309 g/mol. The second-order valence-corrected chi connectivity index (χ2v) is 5.39. The van der Waals surface area contributed by atoms with Gasteiger partial charge >= 0.3 is 0 Å². The van der Waals surface area contributed by atoms with Crippen LogP contribution >= 0.6 is 0 Å². The Labute approximate surface area is 134 Å². The van der Waals surface area contributed by atoms with Gasteiger partial charge in [-0.15, -0.1) is 0 Å². The molecule has 0 aliphatic heterocycles. The molecule has 2 aromatic heterocycles. The molecule has 0 fully saturated rings. The lowest BCUT2D eigenvalue weighted by molar-refractivity contribution is 0.0944. The van der Waals surface area contributed by atoms with Crippen molar-refractivity contribution in [3.05, 3.63) is 71.6 Å². The summed E-state index contributed by atoms with van der Waals surface area (Å²) in [6.45, 7) is 3.07. The number of nitrogens with one attached hydrogen (secondary N) is 2. The number of carbonyl (C=O) groups is 1. The molecule has 3 aromatic rings. The molecule has 23 heavy (non-hydrogen) atoms. The van der Waals surface area contributed by atoms with E-state index in [0.717, 1.165) is 24.5 Å². The van der Waals surface area contributed by atoms with Crippen molar-refractivity contribution in [1.82, 2.24) is 25.1 Å². The van der Waals surface area contributed by atoms with Crippen molar-refractivity contribution in [3.8, 4) is 0 Å². The van der Waals surface area contributed by atoms with E-state index in [1.54, 1.807) is 12.3 Å². The predicted octanol–water partition coefficient (Wildman–Crippen LogP) is 2.09. The molecule has 6 nitrogen and oxygen atoms in total. The molecule has 2 N–H and O–H groups in total. The minimum Gasteiger partial charge on any atom is -0.343 e. The lowest BCUT2D eigenvalue weighted by Gasteiger charge is -2.08. The second-order valence-electron chi connectivity index (χ2n) is 5.39. The van der Waals surface area contributed by atoms with E-state index in [9.17, 15) is 4.79 Å². The molecular weight excluding hydrogens is 290 g/mol. The van der Waals surface area contributed by atoms with E-state index in [1.807, 2.05) is 31.3 Å². The first-order valence-corrected chi connectivity index (χ1v) is 7.56. The smallest absolute Gasteiger partial charge is 0.272 e. The molecule has 0 saturated carbocycles. The topological polar surface area (TPSA) is 75.6 Å². The van der Waals surface area contributed by atoms with E-state index in [1.165, 1.54) is 5.56 Å². The Bertz CT molecular complexity index is 775.